The molecule has 3 rings (SSSR count). The Bertz CT molecular complexity index is 787. The molecule has 3 aromatic rings. The van der Waals surface area contributed by atoms with Gasteiger partial charge >= 0.3 is 0 Å². The maximum atomic E-state index is 5.44. The van der Waals surface area contributed by atoms with E-state index in [1.807, 2.05) is 0 Å². The fourth-order valence-electron chi connectivity index (χ4n) is 2.07. The zero-order valence-electron chi connectivity index (χ0n) is 10.2. The Labute approximate surface area is 134 Å². The molecule has 5 heteroatoms. The van der Waals surface area contributed by atoms with Crippen molar-refractivity contribution in [3.8, 4) is 5.69 Å². The molecule has 1 heterocycles. The van der Waals surface area contributed by atoms with Gasteiger partial charge in [-0.15, -0.1) is 11.8 Å². The van der Waals surface area contributed by atoms with Crippen LogP contribution in [0.15, 0.2) is 47.4 Å². The number of aromatic nitrogens is 2. The van der Waals surface area contributed by atoms with Crippen LogP contribution in [0.25, 0.3) is 16.7 Å². The molecule has 0 aliphatic heterocycles. The second kappa shape index (κ2) is 5.30. The second-order valence-corrected chi connectivity index (χ2v) is 6.64. The molecule has 0 fully saturated rings. The first-order valence-corrected chi connectivity index (χ1v) is 8.45. The van der Waals surface area contributed by atoms with E-state index in [2.05, 4.69) is 80.9 Å². The van der Waals surface area contributed by atoms with Gasteiger partial charge in [-0.25, -0.2) is 0 Å². The molecular weight excluding hydrogens is 387 g/mol. The minimum absolute atomic E-state index is 0.730. The SMILES string of the molecule is CSc1ccc(-n2c(=S)[nH]c3cc(I)ccc32)cc1. The number of hydrogen-bond acceptors (Lipinski definition) is 2. The van der Waals surface area contributed by atoms with Crippen molar-refractivity contribution in [2.45, 2.75) is 4.90 Å². The van der Waals surface area contributed by atoms with Crippen LogP contribution in [0.3, 0.4) is 0 Å². The fraction of sp³-hybridized carbons (Fsp3) is 0.0714. The summed E-state index contributed by atoms with van der Waals surface area (Å²) < 4.78 is 4.00. The number of aromatic amines is 1. The van der Waals surface area contributed by atoms with Crippen LogP contribution in [0.1, 0.15) is 0 Å². The molecule has 0 saturated heterocycles. The average Bonchev–Trinajstić information content (AvgIpc) is 2.74. The third-order valence-corrected chi connectivity index (χ3v) is 4.67. The van der Waals surface area contributed by atoms with Crippen molar-refractivity contribution < 1.29 is 0 Å². The number of rotatable bonds is 2. The van der Waals surface area contributed by atoms with Crippen LogP contribution in [0, 0.1) is 8.34 Å². The number of H-pyrrole nitrogens is 1. The van der Waals surface area contributed by atoms with Crippen LogP contribution in [0.2, 0.25) is 0 Å². The van der Waals surface area contributed by atoms with E-state index in [1.54, 1.807) is 11.8 Å². The molecule has 0 saturated carbocycles. The molecule has 0 amide bonds. The molecular formula is C14H11IN2S2. The minimum atomic E-state index is 0.730. The molecule has 0 unspecified atom stereocenters. The van der Waals surface area contributed by atoms with Gasteiger partial charge in [-0.1, -0.05) is 0 Å². The first-order chi connectivity index (χ1) is 9.19. The molecule has 2 nitrogen and oxygen atoms in total. The second-order valence-electron chi connectivity index (χ2n) is 4.13. The molecule has 0 aliphatic rings. The van der Waals surface area contributed by atoms with Crippen LogP contribution in [-0.2, 0) is 0 Å². The lowest BCUT2D eigenvalue weighted by atomic mass is 10.3. The minimum Gasteiger partial charge on any atom is -0.330 e. The van der Waals surface area contributed by atoms with E-state index in [0.717, 1.165) is 21.5 Å². The lowest BCUT2D eigenvalue weighted by molar-refractivity contribution is 1.06. The molecule has 1 N–H and O–H groups in total. The molecule has 96 valence electrons. The van der Waals surface area contributed by atoms with Crippen molar-refractivity contribution in [1.82, 2.24) is 9.55 Å². The van der Waals surface area contributed by atoms with E-state index in [4.69, 9.17) is 12.2 Å². The maximum Gasteiger partial charge on any atom is 0.182 e. The molecule has 0 radical (unpaired) electrons. The summed E-state index contributed by atoms with van der Waals surface area (Å²) >= 11 is 9.49. The zero-order valence-corrected chi connectivity index (χ0v) is 14.0. The predicted molar refractivity (Wildman–Crippen MR) is 93.0 cm³/mol. The van der Waals surface area contributed by atoms with Gasteiger partial charge in [-0.3, -0.25) is 4.57 Å². The Hall–Kier alpha value is -0.790. The normalized spacial score (nSPS) is 11.1. The summed E-state index contributed by atoms with van der Waals surface area (Å²) in [6.07, 6.45) is 2.08. The van der Waals surface area contributed by atoms with Crippen LogP contribution >= 0.6 is 46.6 Å². The van der Waals surface area contributed by atoms with Gasteiger partial charge in [0.1, 0.15) is 0 Å². The first-order valence-electron chi connectivity index (χ1n) is 5.74. The molecule has 2 aromatic carbocycles. The van der Waals surface area contributed by atoms with Crippen molar-refractivity contribution in [2.24, 2.45) is 0 Å². The van der Waals surface area contributed by atoms with E-state index < -0.39 is 0 Å². The number of imidazole rings is 1. The number of nitrogens with one attached hydrogen (secondary N) is 1. The summed E-state index contributed by atoms with van der Waals surface area (Å²) in [5, 5.41) is 0. The summed E-state index contributed by atoms with van der Waals surface area (Å²) in [5.41, 5.74) is 3.28. The smallest absolute Gasteiger partial charge is 0.182 e. The average molecular weight is 398 g/mol. The first kappa shape index (κ1) is 13.2. The highest BCUT2D eigenvalue weighted by Gasteiger charge is 2.06. The van der Waals surface area contributed by atoms with Crippen LogP contribution in [0.4, 0.5) is 0 Å². The van der Waals surface area contributed by atoms with Crippen molar-refractivity contribution in [3.63, 3.8) is 0 Å². The van der Waals surface area contributed by atoms with Crippen molar-refractivity contribution in [3.05, 3.63) is 50.8 Å². The van der Waals surface area contributed by atoms with E-state index in [9.17, 15) is 0 Å². The molecule has 0 spiro atoms. The lowest BCUT2D eigenvalue weighted by Crippen LogP contribution is -1.93. The van der Waals surface area contributed by atoms with Gasteiger partial charge in [0, 0.05) is 14.2 Å². The molecule has 0 atom stereocenters. The summed E-state index contributed by atoms with van der Waals surface area (Å²) in [7, 11) is 0. The lowest BCUT2D eigenvalue weighted by Gasteiger charge is -2.05. The number of thioether (sulfide) groups is 1. The molecule has 0 bridgehead atoms. The van der Waals surface area contributed by atoms with E-state index in [1.165, 1.54) is 8.47 Å². The summed E-state index contributed by atoms with van der Waals surface area (Å²) in [6, 6.07) is 14.8. The van der Waals surface area contributed by atoms with Gasteiger partial charge in [-0.2, -0.15) is 0 Å². The van der Waals surface area contributed by atoms with Gasteiger partial charge in [-0.05, 0) is 83.5 Å². The summed E-state index contributed by atoms with van der Waals surface area (Å²) in [6.45, 7) is 0. The number of hydrogen-bond donors (Lipinski definition) is 1. The van der Waals surface area contributed by atoms with Crippen LogP contribution in [-0.4, -0.2) is 15.8 Å². The Kier molecular flexibility index (Phi) is 3.68. The topological polar surface area (TPSA) is 20.7 Å². The monoisotopic (exact) mass is 398 g/mol. The number of benzene rings is 2. The standard InChI is InChI=1S/C14H11IN2S2/c1-19-11-5-3-10(4-6-11)17-13-7-2-9(15)8-12(13)16-14(17)18/h2-8H,1H3,(H,16,18). The molecule has 19 heavy (non-hydrogen) atoms. The summed E-state index contributed by atoms with van der Waals surface area (Å²) in [4.78, 5) is 4.52. The number of halogens is 1. The Morgan fingerprint density at radius 3 is 2.58 bits per heavy atom. The molecule has 1 aromatic heterocycles. The summed E-state index contributed by atoms with van der Waals surface area (Å²) in [5.74, 6) is 0. The van der Waals surface area contributed by atoms with E-state index >= 15 is 0 Å². The highest BCUT2D eigenvalue weighted by atomic mass is 127. The number of nitrogens with zero attached hydrogens (tertiary/aromatic N) is 1. The molecule has 0 aliphatic carbocycles. The van der Waals surface area contributed by atoms with Crippen molar-refractivity contribution >= 4 is 57.6 Å². The number of fused-ring (bicyclic) bond motifs is 1. The highest BCUT2D eigenvalue weighted by Crippen LogP contribution is 2.23. The maximum absolute atomic E-state index is 5.44. The van der Waals surface area contributed by atoms with Crippen molar-refractivity contribution in [1.29, 1.82) is 0 Å². The van der Waals surface area contributed by atoms with Gasteiger partial charge in [0.05, 0.1) is 11.0 Å². The van der Waals surface area contributed by atoms with Crippen LogP contribution in [0.5, 0.6) is 0 Å². The van der Waals surface area contributed by atoms with Crippen molar-refractivity contribution in [2.75, 3.05) is 6.26 Å². The highest BCUT2D eigenvalue weighted by molar-refractivity contribution is 14.1. The quantitative estimate of drug-likeness (QED) is 0.372. The van der Waals surface area contributed by atoms with Crippen LogP contribution < -0.4 is 0 Å². The van der Waals surface area contributed by atoms with Gasteiger partial charge in [0.15, 0.2) is 4.77 Å². The zero-order chi connectivity index (χ0) is 13.4. The Balaban J connectivity index is 2.23. The fourth-order valence-corrected chi connectivity index (χ4v) is 3.28. The van der Waals surface area contributed by atoms with Gasteiger partial charge in [0.2, 0.25) is 0 Å². The Morgan fingerprint density at radius 1 is 1.16 bits per heavy atom. The van der Waals surface area contributed by atoms with E-state index in [0.29, 0.717) is 0 Å². The predicted octanol–water partition coefficient (Wildman–Crippen LogP) is 5.01. The van der Waals surface area contributed by atoms with Gasteiger partial charge < -0.3 is 4.98 Å². The van der Waals surface area contributed by atoms with Gasteiger partial charge in [0.25, 0.3) is 0 Å². The largest absolute Gasteiger partial charge is 0.330 e. The third-order valence-electron chi connectivity index (χ3n) is 2.97. The Morgan fingerprint density at radius 2 is 1.89 bits per heavy atom. The third kappa shape index (κ3) is 2.46. The van der Waals surface area contributed by atoms with E-state index in [-0.39, 0.29) is 0 Å².